The summed E-state index contributed by atoms with van der Waals surface area (Å²) in [6, 6.07) is 6.21. The second kappa shape index (κ2) is 11.9. The van der Waals surface area contributed by atoms with E-state index in [-0.39, 0.29) is 35.5 Å². The zero-order valence-electron chi connectivity index (χ0n) is 24.0. The summed E-state index contributed by atoms with van der Waals surface area (Å²) in [5, 5.41) is 13.8. The minimum absolute atomic E-state index is 0.0487. The van der Waals surface area contributed by atoms with Gasteiger partial charge in [-0.25, -0.2) is 9.18 Å². The molecule has 0 radical (unpaired) electrons. The van der Waals surface area contributed by atoms with Gasteiger partial charge in [-0.15, -0.1) is 0 Å². The number of hydrogen-bond acceptors (Lipinski definition) is 7. The van der Waals surface area contributed by atoms with Crippen LogP contribution in [0.1, 0.15) is 45.2 Å². The highest BCUT2D eigenvalue weighted by molar-refractivity contribution is 6.35. The van der Waals surface area contributed by atoms with Crippen LogP contribution in [-0.2, 0) is 6.54 Å². The zero-order chi connectivity index (χ0) is 30.3. The Bertz CT molecular complexity index is 1570. The molecule has 42 heavy (non-hydrogen) atoms. The molecular weight excluding hydrogens is 586 g/mol. The highest BCUT2D eigenvalue weighted by Crippen LogP contribution is 2.44. The Morgan fingerprint density at radius 3 is 2.57 bits per heavy atom. The maximum Gasteiger partial charge on any atom is 0.413 e. The van der Waals surface area contributed by atoms with E-state index in [1.165, 1.54) is 19.4 Å². The fourth-order valence-electron chi connectivity index (χ4n) is 5.52. The number of amides is 1. The number of anilines is 1. The molecule has 226 valence electrons. The fourth-order valence-corrected chi connectivity index (χ4v) is 5.99. The van der Waals surface area contributed by atoms with Crippen molar-refractivity contribution in [3.05, 3.63) is 62.1 Å². The molecule has 1 unspecified atom stereocenters. The Balaban J connectivity index is 1.46. The molecule has 9 nitrogen and oxygen atoms in total. The molecule has 2 N–H and O–H groups in total. The Labute approximate surface area is 253 Å². The number of halogens is 3. The van der Waals surface area contributed by atoms with Gasteiger partial charge in [0, 0.05) is 54.9 Å². The van der Waals surface area contributed by atoms with Gasteiger partial charge in [-0.2, -0.15) is 0 Å². The molecule has 12 heteroatoms. The van der Waals surface area contributed by atoms with Gasteiger partial charge in [0.1, 0.15) is 5.69 Å². The standard InChI is InChI=1S/C30H35Cl2FN4O5/c1-17-14-35(9-10-36(17)16-30(2,3)40)26-23(33)12-21-25(28(26)41-4)37(20-7-8-20)15-24(27(21)38)42-29(39)34-13-18-5-6-19(31)11-22(18)32/h5-6,11-12,15,17,20,40H,7-10,13-14,16H2,1-4H3,(H,34,39). The van der Waals surface area contributed by atoms with Gasteiger partial charge < -0.3 is 29.4 Å². The van der Waals surface area contributed by atoms with Crippen molar-refractivity contribution in [2.75, 3.05) is 38.2 Å². The summed E-state index contributed by atoms with van der Waals surface area (Å²) in [5.74, 6) is -0.538. The summed E-state index contributed by atoms with van der Waals surface area (Å²) in [7, 11) is 1.47. The molecule has 2 heterocycles. The molecule has 1 amide bonds. The molecule has 1 aromatic heterocycles. The van der Waals surface area contributed by atoms with Crippen molar-refractivity contribution < 1.29 is 23.8 Å². The number of methoxy groups -OCH3 is 1. The van der Waals surface area contributed by atoms with E-state index < -0.39 is 22.9 Å². The number of fused-ring (bicyclic) bond motifs is 1. The van der Waals surface area contributed by atoms with Gasteiger partial charge in [0.05, 0.1) is 29.8 Å². The van der Waals surface area contributed by atoms with Crippen LogP contribution in [0.2, 0.25) is 10.0 Å². The van der Waals surface area contributed by atoms with Crippen LogP contribution in [0.25, 0.3) is 10.9 Å². The summed E-state index contributed by atoms with van der Waals surface area (Å²) in [6.45, 7) is 7.81. The van der Waals surface area contributed by atoms with Gasteiger partial charge in [0.15, 0.2) is 17.3 Å². The molecule has 1 saturated carbocycles. The van der Waals surface area contributed by atoms with Crippen molar-refractivity contribution in [2.24, 2.45) is 0 Å². The summed E-state index contributed by atoms with van der Waals surface area (Å²) < 4.78 is 29.0. The third kappa shape index (κ3) is 6.46. The van der Waals surface area contributed by atoms with Crippen molar-refractivity contribution in [2.45, 2.75) is 57.8 Å². The van der Waals surface area contributed by atoms with E-state index in [2.05, 4.69) is 10.2 Å². The summed E-state index contributed by atoms with van der Waals surface area (Å²) >= 11 is 12.1. The number of rotatable bonds is 8. The van der Waals surface area contributed by atoms with Crippen molar-refractivity contribution in [1.82, 2.24) is 14.8 Å². The number of aromatic nitrogens is 1. The molecule has 0 spiro atoms. The average Bonchev–Trinajstić information content (AvgIpc) is 3.75. The van der Waals surface area contributed by atoms with Crippen LogP contribution < -0.4 is 25.1 Å². The van der Waals surface area contributed by atoms with Gasteiger partial charge in [-0.1, -0.05) is 29.3 Å². The molecule has 0 bridgehead atoms. The van der Waals surface area contributed by atoms with E-state index in [0.29, 0.717) is 53.0 Å². The number of β-amino-alcohol motifs (C(OH)–C–C–N with tert-alkyl or cyclic N) is 1. The van der Waals surface area contributed by atoms with Crippen molar-refractivity contribution in [3.8, 4) is 11.5 Å². The predicted octanol–water partition coefficient (Wildman–Crippen LogP) is 5.36. The highest BCUT2D eigenvalue weighted by atomic mass is 35.5. The van der Waals surface area contributed by atoms with Crippen molar-refractivity contribution in [1.29, 1.82) is 0 Å². The number of nitrogens with one attached hydrogen (secondary N) is 1. The number of benzene rings is 2. The maximum absolute atomic E-state index is 15.9. The van der Waals surface area contributed by atoms with Crippen LogP contribution in [-0.4, -0.2) is 65.6 Å². The largest absolute Gasteiger partial charge is 0.492 e. The Morgan fingerprint density at radius 2 is 1.95 bits per heavy atom. The molecule has 2 aromatic carbocycles. The summed E-state index contributed by atoms with van der Waals surface area (Å²) in [6.07, 6.45) is 2.38. The van der Waals surface area contributed by atoms with Crippen LogP contribution in [0.5, 0.6) is 11.5 Å². The molecule has 1 atom stereocenters. The number of piperazine rings is 1. The van der Waals surface area contributed by atoms with Gasteiger partial charge in [-0.3, -0.25) is 9.69 Å². The lowest BCUT2D eigenvalue weighted by Crippen LogP contribution is -2.55. The SMILES string of the molecule is COc1c(N2CCN(CC(C)(C)O)C(C)C2)c(F)cc2c(=O)c(OC(=O)NCc3ccc(Cl)cc3Cl)cn(C3CC3)c12. The highest BCUT2D eigenvalue weighted by Gasteiger charge is 2.34. The van der Waals surface area contributed by atoms with Gasteiger partial charge >= 0.3 is 6.09 Å². The monoisotopic (exact) mass is 620 g/mol. The van der Waals surface area contributed by atoms with Crippen LogP contribution in [0.3, 0.4) is 0 Å². The molecule has 1 saturated heterocycles. The third-order valence-corrected chi connectivity index (χ3v) is 8.21. The lowest BCUT2D eigenvalue weighted by atomic mass is 10.0. The first kappa shape index (κ1) is 30.4. The van der Waals surface area contributed by atoms with E-state index in [0.717, 1.165) is 12.8 Å². The van der Waals surface area contributed by atoms with E-state index in [9.17, 15) is 14.7 Å². The average molecular weight is 622 g/mol. The van der Waals surface area contributed by atoms with Gasteiger partial charge in [0.2, 0.25) is 5.43 Å². The number of hydrogen-bond donors (Lipinski definition) is 2. The van der Waals surface area contributed by atoms with E-state index in [1.54, 1.807) is 32.0 Å². The zero-order valence-corrected chi connectivity index (χ0v) is 25.6. The number of ether oxygens (including phenoxy) is 2. The van der Waals surface area contributed by atoms with Gasteiger partial charge in [-0.05, 0) is 57.4 Å². The first-order valence-corrected chi connectivity index (χ1v) is 14.7. The Hall–Kier alpha value is -3.05. The molecule has 5 rings (SSSR count). The lowest BCUT2D eigenvalue weighted by Gasteiger charge is -2.43. The third-order valence-electron chi connectivity index (χ3n) is 7.62. The lowest BCUT2D eigenvalue weighted by molar-refractivity contribution is 0.0200. The molecule has 1 aliphatic carbocycles. The van der Waals surface area contributed by atoms with Crippen LogP contribution >= 0.6 is 23.2 Å². The minimum Gasteiger partial charge on any atom is -0.492 e. The molecule has 1 aliphatic heterocycles. The first-order chi connectivity index (χ1) is 19.9. The maximum atomic E-state index is 15.9. The Kier molecular flexibility index (Phi) is 8.63. The topological polar surface area (TPSA) is 96.3 Å². The molecule has 2 fully saturated rings. The van der Waals surface area contributed by atoms with Crippen molar-refractivity contribution in [3.63, 3.8) is 0 Å². The smallest absolute Gasteiger partial charge is 0.413 e. The first-order valence-electron chi connectivity index (χ1n) is 13.9. The number of aliphatic hydroxyl groups is 1. The van der Waals surface area contributed by atoms with Crippen LogP contribution in [0.4, 0.5) is 14.9 Å². The quantitative estimate of drug-likeness (QED) is 0.350. The number of nitrogens with zero attached hydrogens (tertiary/aromatic N) is 3. The van der Waals surface area contributed by atoms with E-state index in [1.807, 2.05) is 16.4 Å². The van der Waals surface area contributed by atoms with E-state index in [4.69, 9.17) is 32.7 Å². The summed E-state index contributed by atoms with van der Waals surface area (Å²) in [5.41, 5.74) is -0.0777. The van der Waals surface area contributed by atoms with Crippen LogP contribution in [0, 0.1) is 5.82 Å². The number of pyridine rings is 1. The van der Waals surface area contributed by atoms with E-state index >= 15 is 4.39 Å². The Morgan fingerprint density at radius 1 is 1.21 bits per heavy atom. The second-order valence-corrected chi connectivity index (χ2v) is 12.5. The predicted molar refractivity (Wildman–Crippen MR) is 162 cm³/mol. The van der Waals surface area contributed by atoms with Crippen LogP contribution in [0.15, 0.2) is 35.3 Å². The second-order valence-electron chi connectivity index (χ2n) is 11.7. The number of carbonyl (C=O) groups is 1. The molecular formula is C30H35Cl2FN4O5. The molecule has 2 aliphatic rings. The summed E-state index contributed by atoms with van der Waals surface area (Å²) in [4.78, 5) is 30.3. The fraction of sp³-hybridized carbons (Fsp3) is 0.467. The number of carbonyl (C=O) groups excluding carboxylic acids is 1. The minimum atomic E-state index is -0.846. The normalized spacial score (nSPS) is 17.9. The molecule has 3 aromatic rings. The van der Waals surface area contributed by atoms with Crippen molar-refractivity contribution >= 4 is 45.9 Å². The van der Waals surface area contributed by atoms with Gasteiger partial charge in [0.25, 0.3) is 0 Å².